The van der Waals surface area contributed by atoms with Gasteiger partial charge < -0.3 is 10.6 Å². The fourth-order valence-corrected chi connectivity index (χ4v) is 2.39. The minimum atomic E-state index is -0.0414. The lowest BCUT2D eigenvalue weighted by molar-refractivity contribution is -0.148. The summed E-state index contributed by atoms with van der Waals surface area (Å²) < 4.78 is 0. The summed E-state index contributed by atoms with van der Waals surface area (Å²) in [6.07, 6.45) is 1.76. The zero-order valence-electron chi connectivity index (χ0n) is 11.0. The monoisotopic (exact) mass is 227 g/mol. The Balaban J connectivity index is 2.84. The molecule has 94 valence electrons. The molecule has 0 radical (unpaired) electrons. The summed E-state index contributed by atoms with van der Waals surface area (Å²) in [7, 11) is 2.03. The summed E-state index contributed by atoms with van der Waals surface area (Å²) in [5, 5.41) is 0. The third kappa shape index (κ3) is 2.55. The van der Waals surface area contributed by atoms with Crippen LogP contribution in [0.4, 0.5) is 0 Å². The van der Waals surface area contributed by atoms with Gasteiger partial charge in [0.1, 0.15) is 0 Å². The van der Waals surface area contributed by atoms with Crippen molar-refractivity contribution >= 4 is 5.91 Å². The lowest BCUT2D eigenvalue weighted by Gasteiger charge is -2.49. The van der Waals surface area contributed by atoms with E-state index in [4.69, 9.17) is 5.73 Å². The molecule has 0 bridgehead atoms. The van der Waals surface area contributed by atoms with Gasteiger partial charge in [-0.2, -0.15) is 0 Å². The second kappa shape index (κ2) is 5.15. The Kier molecular flexibility index (Phi) is 4.33. The molecule has 0 aromatic rings. The summed E-state index contributed by atoms with van der Waals surface area (Å²) in [5.74, 6) is 0.245. The van der Waals surface area contributed by atoms with Crippen LogP contribution in [0, 0.1) is 0 Å². The van der Waals surface area contributed by atoms with Gasteiger partial charge in [-0.15, -0.1) is 0 Å². The van der Waals surface area contributed by atoms with E-state index in [9.17, 15) is 4.79 Å². The number of carbonyl (C=O) groups is 1. The Bertz CT molecular complexity index is 253. The molecule has 0 spiro atoms. The molecule has 1 fully saturated rings. The number of nitrogens with zero attached hydrogens (tertiary/aromatic N) is 2. The average Bonchev–Trinajstić information content (AvgIpc) is 2.21. The number of carbonyl (C=O) groups excluding carboxylic acids is 1. The molecule has 16 heavy (non-hydrogen) atoms. The van der Waals surface area contributed by atoms with Crippen molar-refractivity contribution in [3.8, 4) is 0 Å². The highest BCUT2D eigenvalue weighted by atomic mass is 16.2. The molecule has 1 saturated heterocycles. The third-order valence-electron chi connectivity index (χ3n) is 3.53. The number of likely N-dealkylation sites (N-methyl/N-ethyl adjacent to an activating group) is 1. The van der Waals surface area contributed by atoms with E-state index < -0.39 is 0 Å². The molecule has 1 aliphatic heterocycles. The van der Waals surface area contributed by atoms with E-state index >= 15 is 0 Å². The van der Waals surface area contributed by atoms with Crippen molar-refractivity contribution < 1.29 is 4.79 Å². The highest BCUT2D eigenvalue weighted by Crippen LogP contribution is 2.25. The number of amides is 1. The summed E-state index contributed by atoms with van der Waals surface area (Å²) in [5.41, 5.74) is 5.64. The highest BCUT2D eigenvalue weighted by molar-refractivity contribution is 5.83. The van der Waals surface area contributed by atoms with Crippen LogP contribution in [0.3, 0.4) is 0 Å². The molecule has 1 heterocycles. The van der Waals surface area contributed by atoms with E-state index in [1.807, 2.05) is 11.9 Å². The molecule has 0 saturated carbocycles. The zero-order valence-corrected chi connectivity index (χ0v) is 11.0. The molecular weight excluding hydrogens is 202 g/mol. The van der Waals surface area contributed by atoms with Gasteiger partial charge in [0.25, 0.3) is 0 Å². The number of nitrogens with two attached hydrogens (primary N) is 1. The smallest absolute Gasteiger partial charge is 0.240 e. The average molecular weight is 227 g/mol. The molecule has 0 aromatic carbocycles. The van der Waals surface area contributed by atoms with E-state index in [2.05, 4.69) is 25.7 Å². The van der Waals surface area contributed by atoms with E-state index in [-0.39, 0.29) is 17.5 Å². The van der Waals surface area contributed by atoms with Gasteiger partial charge in [-0.05, 0) is 40.3 Å². The molecule has 4 nitrogen and oxygen atoms in total. The first-order chi connectivity index (χ1) is 7.44. The van der Waals surface area contributed by atoms with Gasteiger partial charge in [-0.1, -0.05) is 6.92 Å². The van der Waals surface area contributed by atoms with Crippen LogP contribution in [0.25, 0.3) is 0 Å². The normalized spacial score (nSPS) is 26.2. The van der Waals surface area contributed by atoms with Crippen LogP contribution in [0.2, 0.25) is 0 Å². The van der Waals surface area contributed by atoms with Gasteiger partial charge in [-0.3, -0.25) is 9.69 Å². The van der Waals surface area contributed by atoms with Gasteiger partial charge in [0, 0.05) is 18.6 Å². The second-order valence-corrected chi connectivity index (χ2v) is 5.28. The van der Waals surface area contributed by atoms with Gasteiger partial charge in [-0.25, -0.2) is 0 Å². The van der Waals surface area contributed by atoms with Gasteiger partial charge >= 0.3 is 0 Å². The molecule has 4 heteroatoms. The van der Waals surface area contributed by atoms with Gasteiger partial charge in [0.05, 0.1) is 6.04 Å². The standard InChI is InChI=1S/C12H25N3O/c1-5-8-15-9-12(2,3)14(4)10(6-7-13)11(15)16/h10H,5-9,13H2,1-4H3. The van der Waals surface area contributed by atoms with Crippen molar-refractivity contribution in [3.05, 3.63) is 0 Å². The second-order valence-electron chi connectivity index (χ2n) is 5.28. The molecule has 1 aliphatic rings. The van der Waals surface area contributed by atoms with Crippen LogP contribution in [0.15, 0.2) is 0 Å². The molecule has 1 amide bonds. The number of rotatable bonds is 4. The lowest BCUT2D eigenvalue weighted by atomic mass is 9.93. The Hall–Kier alpha value is -0.610. The van der Waals surface area contributed by atoms with Crippen LogP contribution in [0.1, 0.15) is 33.6 Å². The van der Waals surface area contributed by atoms with Crippen LogP contribution < -0.4 is 5.73 Å². The first-order valence-corrected chi connectivity index (χ1v) is 6.16. The predicted octanol–water partition coefficient (Wildman–Crippen LogP) is 0.666. The van der Waals surface area contributed by atoms with Gasteiger partial charge in [0.2, 0.25) is 5.91 Å². The van der Waals surface area contributed by atoms with Crippen LogP contribution >= 0.6 is 0 Å². The van der Waals surface area contributed by atoms with E-state index in [0.29, 0.717) is 6.54 Å². The minimum absolute atomic E-state index is 0.0414. The largest absolute Gasteiger partial charge is 0.340 e. The van der Waals surface area contributed by atoms with Crippen molar-refractivity contribution in [2.24, 2.45) is 5.73 Å². The zero-order chi connectivity index (χ0) is 12.3. The lowest BCUT2D eigenvalue weighted by Crippen LogP contribution is -2.65. The first-order valence-electron chi connectivity index (χ1n) is 6.16. The molecule has 1 unspecified atom stereocenters. The fourth-order valence-electron chi connectivity index (χ4n) is 2.39. The molecule has 1 atom stereocenters. The number of piperazine rings is 1. The maximum atomic E-state index is 12.2. The summed E-state index contributed by atoms with van der Waals surface area (Å²) in [6, 6.07) is -0.0414. The van der Waals surface area contributed by atoms with Crippen LogP contribution in [-0.2, 0) is 4.79 Å². The Morgan fingerprint density at radius 3 is 2.62 bits per heavy atom. The first kappa shape index (κ1) is 13.5. The minimum Gasteiger partial charge on any atom is -0.340 e. The van der Waals surface area contributed by atoms with Crippen molar-refractivity contribution in [1.82, 2.24) is 9.80 Å². The summed E-state index contributed by atoms with van der Waals surface area (Å²) in [6.45, 7) is 8.72. The molecule has 0 aromatic heterocycles. The highest BCUT2D eigenvalue weighted by Gasteiger charge is 2.41. The Labute approximate surface area is 98.8 Å². The van der Waals surface area contributed by atoms with Crippen molar-refractivity contribution in [3.63, 3.8) is 0 Å². The van der Waals surface area contributed by atoms with Gasteiger partial charge in [0.15, 0.2) is 0 Å². The summed E-state index contributed by atoms with van der Waals surface area (Å²) in [4.78, 5) is 16.4. The van der Waals surface area contributed by atoms with Crippen molar-refractivity contribution in [1.29, 1.82) is 0 Å². The fraction of sp³-hybridized carbons (Fsp3) is 0.917. The predicted molar refractivity (Wildman–Crippen MR) is 66.2 cm³/mol. The molecule has 1 rings (SSSR count). The molecular formula is C12H25N3O. The molecule has 0 aliphatic carbocycles. The summed E-state index contributed by atoms with van der Waals surface area (Å²) >= 11 is 0. The molecule has 2 N–H and O–H groups in total. The number of hydrogen-bond donors (Lipinski definition) is 1. The van der Waals surface area contributed by atoms with E-state index in [1.165, 1.54) is 0 Å². The maximum Gasteiger partial charge on any atom is 0.240 e. The quantitative estimate of drug-likeness (QED) is 0.768. The number of hydrogen-bond acceptors (Lipinski definition) is 3. The van der Waals surface area contributed by atoms with Crippen molar-refractivity contribution in [2.75, 3.05) is 26.7 Å². The van der Waals surface area contributed by atoms with Crippen LogP contribution in [0.5, 0.6) is 0 Å². The van der Waals surface area contributed by atoms with E-state index in [1.54, 1.807) is 0 Å². The SMILES string of the molecule is CCCN1CC(C)(C)N(C)C(CCN)C1=O. The Morgan fingerprint density at radius 1 is 1.50 bits per heavy atom. The van der Waals surface area contributed by atoms with Crippen molar-refractivity contribution in [2.45, 2.75) is 45.2 Å². The topological polar surface area (TPSA) is 49.6 Å². The van der Waals surface area contributed by atoms with Crippen LogP contribution in [-0.4, -0.2) is 54.0 Å². The van der Waals surface area contributed by atoms with E-state index in [0.717, 1.165) is 25.9 Å². The third-order valence-corrected chi connectivity index (χ3v) is 3.53. The maximum absolute atomic E-state index is 12.2. The Morgan fingerprint density at radius 2 is 2.12 bits per heavy atom.